The summed E-state index contributed by atoms with van der Waals surface area (Å²) in [5, 5.41) is 15.6. The molecule has 0 atom stereocenters. The molecular weight excluding hydrogens is 473 g/mol. The van der Waals surface area contributed by atoms with Crippen molar-refractivity contribution in [2.24, 2.45) is 0 Å². The van der Waals surface area contributed by atoms with Crippen LogP contribution in [0.4, 0.5) is 4.39 Å². The van der Waals surface area contributed by atoms with Crippen LogP contribution in [0.25, 0.3) is 0 Å². The van der Waals surface area contributed by atoms with E-state index in [1.165, 1.54) is 54.9 Å². The minimum atomic E-state index is -1.18. The molecule has 1 aromatic heterocycles. The van der Waals surface area contributed by atoms with Gasteiger partial charge in [-0.15, -0.1) is 0 Å². The van der Waals surface area contributed by atoms with E-state index in [4.69, 9.17) is 4.74 Å². The maximum absolute atomic E-state index is 13.3. The van der Waals surface area contributed by atoms with Crippen molar-refractivity contribution in [3.63, 3.8) is 0 Å². The molecule has 0 radical (unpaired) electrons. The molecule has 12 heteroatoms. The van der Waals surface area contributed by atoms with Gasteiger partial charge in [0.25, 0.3) is 11.5 Å². The zero-order valence-corrected chi connectivity index (χ0v) is 20.3. The Morgan fingerprint density at radius 2 is 1.83 bits per heavy atom. The summed E-state index contributed by atoms with van der Waals surface area (Å²) in [5.41, 5.74) is -2.65. The van der Waals surface area contributed by atoms with Gasteiger partial charge in [0.05, 0.1) is 12.1 Å². The van der Waals surface area contributed by atoms with Gasteiger partial charge in [-0.25, -0.2) is 9.37 Å². The Kier molecular flexibility index (Phi) is 6.56. The number of carbonyl (C=O) groups is 3. The van der Waals surface area contributed by atoms with E-state index in [1.807, 2.05) is 0 Å². The van der Waals surface area contributed by atoms with Gasteiger partial charge in [-0.3, -0.25) is 23.7 Å². The van der Waals surface area contributed by atoms with Crippen LogP contribution in [0.15, 0.2) is 29.1 Å². The Balaban J connectivity index is 1.79. The van der Waals surface area contributed by atoms with Crippen molar-refractivity contribution < 1.29 is 28.6 Å². The van der Waals surface area contributed by atoms with Crippen molar-refractivity contribution in [2.75, 3.05) is 21.2 Å². The molecule has 192 valence electrons. The number of aromatic hydroxyl groups is 1. The molecule has 3 aliphatic rings. The lowest BCUT2D eigenvalue weighted by molar-refractivity contribution is -0.152. The van der Waals surface area contributed by atoms with Gasteiger partial charge in [-0.2, -0.15) is 0 Å². The van der Waals surface area contributed by atoms with E-state index < -0.39 is 51.7 Å². The van der Waals surface area contributed by atoms with E-state index in [0.29, 0.717) is 31.2 Å². The van der Waals surface area contributed by atoms with E-state index in [9.17, 15) is 28.7 Å². The zero-order valence-electron chi connectivity index (χ0n) is 20.3. The van der Waals surface area contributed by atoms with Crippen molar-refractivity contribution in [3.8, 4) is 5.75 Å². The fourth-order valence-corrected chi connectivity index (χ4v) is 5.07. The zero-order chi connectivity index (χ0) is 26.3. The van der Waals surface area contributed by atoms with Gasteiger partial charge in [0.1, 0.15) is 17.2 Å². The molecular formula is C24H28FN5O6. The molecule has 36 heavy (non-hydrogen) atoms. The first-order chi connectivity index (χ1) is 17.1. The monoisotopic (exact) mass is 501 g/mol. The number of amides is 3. The number of hydrogen-bond acceptors (Lipinski definition) is 7. The van der Waals surface area contributed by atoms with E-state index >= 15 is 0 Å². The summed E-state index contributed by atoms with van der Waals surface area (Å²) >= 11 is 0. The molecule has 3 heterocycles. The highest BCUT2D eigenvalue weighted by Crippen LogP contribution is 2.49. The Bertz CT molecular complexity index is 1270. The van der Waals surface area contributed by atoms with Crippen LogP contribution in [-0.2, 0) is 33.0 Å². The minimum Gasteiger partial charge on any atom is -0.501 e. The molecule has 1 fully saturated rings. The van der Waals surface area contributed by atoms with Gasteiger partial charge in [-0.1, -0.05) is 12.1 Å². The molecule has 3 amide bonds. The van der Waals surface area contributed by atoms with E-state index in [2.05, 4.69) is 15.6 Å². The maximum Gasteiger partial charge on any atom is 0.312 e. The fourth-order valence-electron chi connectivity index (χ4n) is 5.07. The Labute approximate surface area is 206 Å². The summed E-state index contributed by atoms with van der Waals surface area (Å²) in [7, 11) is 4.33. The normalized spacial score (nSPS) is 22.3. The van der Waals surface area contributed by atoms with Crippen molar-refractivity contribution in [1.29, 1.82) is 0 Å². The Hall–Kier alpha value is -3.80. The summed E-state index contributed by atoms with van der Waals surface area (Å²) in [6, 6.07) is 5.48. The topological polar surface area (TPSA) is 143 Å². The van der Waals surface area contributed by atoms with Crippen LogP contribution in [0.3, 0.4) is 0 Å². The molecule has 2 bridgehead atoms. The summed E-state index contributed by atoms with van der Waals surface area (Å²) in [6.07, 6.45) is 1.58. The largest absolute Gasteiger partial charge is 0.501 e. The molecule has 0 saturated heterocycles. The fraction of sp³-hybridized carbons (Fsp3) is 0.458. The molecule has 2 aliphatic heterocycles. The van der Waals surface area contributed by atoms with Crippen LogP contribution in [-0.4, -0.2) is 64.1 Å². The Morgan fingerprint density at radius 1 is 1.19 bits per heavy atom. The standard InChI is InChI=1S/C24H28FN5O6/c1-26-19(33)21(35)29(2)24-10-8-23(36-3,9-11-24)13-30-20(34)17(31)16(28-22(24)30)18(32)27-12-14-4-6-15(25)7-5-14/h4-7,31H,8-13H2,1-3H3,(H,26,33)(H,27,32). The number of ether oxygens (including phenoxy) is 1. The van der Waals surface area contributed by atoms with Gasteiger partial charge in [-0.05, 0) is 43.4 Å². The van der Waals surface area contributed by atoms with Crippen molar-refractivity contribution in [1.82, 2.24) is 25.1 Å². The highest BCUT2D eigenvalue weighted by atomic mass is 19.1. The second-order valence-electron chi connectivity index (χ2n) is 9.20. The van der Waals surface area contributed by atoms with Gasteiger partial charge >= 0.3 is 11.8 Å². The predicted molar refractivity (Wildman–Crippen MR) is 124 cm³/mol. The smallest absolute Gasteiger partial charge is 0.312 e. The number of benzene rings is 1. The first-order valence-electron chi connectivity index (χ1n) is 11.5. The van der Waals surface area contributed by atoms with Crippen LogP contribution in [0.2, 0.25) is 0 Å². The summed E-state index contributed by atoms with van der Waals surface area (Å²) in [4.78, 5) is 57.1. The van der Waals surface area contributed by atoms with Crippen LogP contribution in [0.5, 0.6) is 5.75 Å². The molecule has 0 spiro atoms. The van der Waals surface area contributed by atoms with Gasteiger partial charge < -0.3 is 25.4 Å². The van der Waals surface area contributed by atoms with E-state index in [0.717, 1.165) is 0 Å². The number of rotatable bonds is 5. The minimum absolute atomic E-state index is 0.00560. The summed E-state index contributed by atoms with van der Waals surface area (Å²) in [5.74, 6) is -3.61. The first kappa shape index (κ1) is 25.3. The number of hydrogen-bond donors (Lipinski definition) is 3. The van der Waals surface area contributed by atoms with Crippen molar-refractivity contribution in [2.45, 2.75) is 49.9 Å². The quantitative estimate of drug-likeness (QED) is 0.503. The summed E-state index contributed by atoms with van der Waals surface area (Å²) in [6.45, 7) is 0.0745. The third-order valence-electron chi connectivity index (χ3n) is 7.38. The number of likely N-dealkylation sites (N-methyl/N-ethyl adjacent to an activating group) is 2. The summed E-state index contributed by atoms with van der Waals surface area (Å²) < 4.78 is 20.2. The average Bonchev–Trinajstić information content (AvgIpc) is 3.13. The second kappa shape index (κ2) is 9.34. The number of nitrogens with zero attached hydrogens (tertiary/aromatic N) is 3. The van der Waals surface area contributed by atoms with E-state index in [1.54, 1.807) is 0 Å². The highest BCUT2D eigenvalue weighted by Gasteiger charge is 2.54. The predicted octanol–water partition coefficient (Wildman–Crippen LogP) is 0.390. The average molecular weight is 502 g/mol. The SMILES string of the molecule is CNC(=O)C(=O)N(C)C12CCC(OC)(CC1)Cn1c2nc(C(=O)NCc2ccc(F)cc2)c(O)c1=O. The molecule has 5 rings (SSSR count). The van der Waals surface area contributed by atoms with Gasteiger partial charge in [0, 0.05) is 27.7 Å². The number of nitrogens with one attached hydrogen (secondary N) is 2. The lowest BCUT2D eigenvalue weighted by atomic mass is 9.74. The van der Waals surface area contributed by atoms with Crippen LogP contribution >= 0.6 is 0 Å². The number of methoxy groups -OCH3 is 1. The van der Waals surface area contributed by atoms with Crippen molar-refractivity contribution >= 4 is 17.7 Å². The van der Waals surface area contributed by atoms with Crippen LogP contribution in [0, 0.1) is 5.82 Å². The molecule has 11 nitrogen and oxygen atoms in total. The number of fused-ring (bicyclic) bond motifs is 2. The van der Waals surface area contributed by atoms with Crippen LogP contribution in [0.1, 0.15) is 47.6 Å². The Morgan fingerprint density at radius 3 is 2.42 bits per heavy atom. The lowest BCUT2D eigenvalue weighted by Gasteiger charge is -2.45. The molecule has 1 aromatic carbocycles. The first-order valence-corrected chi connectivity index (χ1v) is 11.5. The number of aromatic nitrogens is 2. The van der Waals surface area contributed by atoms with Gasteiger partial charge in [0.15, 0.2) is 5.69 Å². The second-order valence-corrected chi connectivity index (χ2v) is 9.20. The van der Waals surface area contributed by atoms with Gasteiger partial charge in [0.2, 0.25) is 5.75 Å². The highest BCUT2D eigenvalue weighted by molar-refractivity contribution is 6.35. The lowest BCUT2D eigenvalue weighted by Crippen LogP contribution is -2.55. The number of carbonyl (C=O) groups excluding carboxylic acids is 3. The molecule has 0 unspecified atom stereocenters. The maximum atomic E-state index is 13.3. The third kappa shape index (κ3) is 4.11. The number of halogens is 1. The van der Waals surface area contributed by atoms with E-state index in [-0.39, 0.29) is 18.9 Å². The third-order valence-corrected chi connectivity index (χ3v) is 7.38. The van der Waals surface area contributed by atoms with Crippen LogP contribution < -0.4 is 16.2 Å². The van der Waals surface area contributed by atoms with Crippen molar-refractivity contribution in [3.05, 3.63) is 57.5 Å². The molecule has 2 aromatic rings. The molecule has 1 aliphatic carbocycles. The molecule has 1 saturated carbocycles. The molecule has 3 N–H and O–H groups in total.